The molecule has 0 saturated heterocycles. The fraction of sp³-hybridized carbons (Fsp3) is 0. The van der Waals surface area contributed by atoms with Gasteiger partial charge in [0.1, 0.15) is 5.75 Å². The van der Waals surface area contributed by atoms with Gasteiger partial charge in [-0.3, -0.25) is 9.89 Å². The van der Waals surface area contributed by atoms with Crippen molar-refractivity contribution in [2.75, 3.05) is 5.32 Å². The first-order valence-corrected chi connectivity index (χ1v) is 5.77. The van der Waals surface area contributed by atoms with E-state index in [2.05, 4.69) is 15.5 Å². The van der Waals surface area contributed by atoms with E-state index >= 15 is 0 Å². The number of aromatic hydroxyl groups is 1. The molecule has 0 saturated carbocycles. The molecular formula is C14H11N3O2. The van der Waals surface area contributed by atoms with Gasteiger partial charge in [0.05, 0.1) is 5.52 Å². The maximum absolute atomic E-state index is 12.1. The van der Waals surface area contributed by atoms with Crippen LogP contribution in [0, 0.1) is 0 Å². The Kier molecular flexibility index (Phi) is 2.64. The van der Waals surface area contributed by atoms with Crippen LogP contribution in [0.3, 0.4) is 0 Å². The van der Waals surface area contributed by atoms with E-state index in [1.807, 2.05) is 24.3 Å². The van der Waals surface area contributed by atoms with Gasteiger partial charge in [-0.2, -0.15) is 5.10 Å². The highest BCUT2D eigenvalue weighted by atomic mass is 16.3. The van der Waals surface area contributed by atoms with Crippen LogP contribution in [-0.4, -0.2) is 21.2 Å². The number of H-pyrrole nitrogens is 1. The van der Waals surface area contributed by atoms with Crippen molar-refractivity contribution >= 4 is 22.5 Å². The Morgan fingerprint density at radius 1 is 1.11 bits per heavy atom. The molecule has 1 amide bonds. The maximum Gasteiger partial charge on any atom is 0.276 e. The van der Waals surface area contributed by atoms with Crippen molar-refractivity contribution in [3.63, 3.8) is 0 Å². The second-order valence-electron chi connectivity index (χ2n) is 4.12. The summed E-state index contributed by atoms with van der Waals surface area (Å²) in [5, 5.41) is 19.5. The predicted molar refractivity (Wildman–Crippen MR) is 72.2 cm³/mol. The molecule has 2 aromatic carbocycles. The summed E-state index contributed by atoms with van der Waals surface area (Å²) in [6.45, 7) is 0. The van der Waals surface area contributed by atoms with E-state index in [0.717, 1.165) is 10.9 Å². The lowest BCUT2D eigenvalue weighted by atomic mass is 10.2. The van der Waals surface area contributed by atoms with Crippen LogP contribution < -0.4 is 5.32 Å². The summed E-state index contributed by atoms with van der Waals surface area (Å²) in [6.07, 6.45) is 0. The standard InChI is InChI=1S/C14H11N3O2/c18-10-7-5-9(6-8-10)15-14(19)13-11-3-1-2-4-12(11)16-17-13/h1-8,18H,(H,15,19)(H,16,17). The Morgan fingerprint density at radius 3 is 2.63 bits per heavy atom. The minimum absolute atomic E-state index is 0.156. The third-order valence-electron chi connectivity index (χ3n) is 2.81. The normalized spacial score (nSPS) is 10.5. The van der Waals surface area contributed by atoms with E-state index in [-0.39, 0.29) is 11.7 Å². The van der Waals surface area contributed by atoms with Gasteiger partial charge in [-0.15, -0.1) is 0 Å². The molecule has 3 rings (SSSR count). The third-order valence-corrected chi connectivity index (χ3v) is 2.81. The van der Waals surface area contributed by atoms with E-state index in [4.69, 9.17) is 0 Å². The van der Waals surface area contributed by atoms with Crippen molar-refractivity contribution in [2.24, 2.45) is 0 Å². The second-order valence-corrected chi connectivity index (χ2v) is 4.12. The lowest BCUT2D eigenvalue weighted by Crippen LogP contribution is -2.12. The number of rotatable bonds is 2. The average molecular weight is 253 g/mol. The molecule has 0 bridgehead atoms. The molecule has 1 aromatic heterocycles. The molecule has 0 atom stereocenters. The largest absolute Gasteiger partial charge is 0.508 e. The monoisotopic (exact) mass is 253 g/mol. The first kappa shape index (κ1) is 11.3. The Balaban J connectivity index is 1.90. The molecule has 5 nitrogen and oxygen atoms in total. The van der Waals surface area contributed by atoms with Crippen LogP contribution in [0.25, 0.3) is 10.9 Å². The zero-order valence-corrected chi connectivity index (χ0v) is 9.92. The quantitative estimate of drug-likeness (QED) is 0.614. The lowest BCUT2D eigenvalue weighted by molar-refractivity contribution is 0.102. The highest BCUT2D eigenvalue weighted by molar-refractivity contribution is 6.11. The molecular weight excluding hydrogens is 242 g/mol. The summed E-state index contributed by atoms with van der Waals surface area (Å²) in [4.78, 5) is 12.1. The first-order chi connectivity index (χ1) is 9.24. The van der Waals surface area contributed by atoms with Gasteiger partial charge in [0.15, 0.2) is 5.69 Å². The number of fused-ring (bicyclic) bond motifs is 1. The summed E-state index contributed by atoms with van der Waals surface area (Å²) < 4.78 is 0. The minimum Gasteiger partial charge on any atom is -0.508 e. The maximum atomic E-state index is 12.1. The van der Waals surface area contributed by atoms with Gasteiger partial charge in [0.25, 0.3) is 5.91 Å². The number of carbonyl (C=O) groups is 1. The fourth-order valence-corrected chi connectivity index (χ4v) is 1.87. The number of nitrogens with one attached hydrogen (secondary N) is 2. The fourth-order valence-electron chi connectivity index (χ4n) is 1.87. The third kappa shape index (κ3) is 2.13. The summed E-state index contributed by atoms with van der Waals surface area (Å²) in [7, 11) is 0. The highest BCUT2D eigenvalue weighted by Gasteiger charge is 2.13. The first-order valence-electron chi connectivity index (χ1n) is 5.77. The minimum atomic E-state index is -0.289. The summed E-state index contributed by atoms with van der Waals surface area (Å²) >= 11 is 0. The van der Waals surface area contributed by atoms with Crippen LogP contribution in [0.1, 0.15) is 10.5 Å². The number of nitrogens with zero attached hydrogens (tertiary/aromatic N) is 1. The lowest BCUT2D eigenvalue weighted by Gasteiger charge is -2.03. The Bertz CT molecular complexity index is 732. The number of phenols is 1. The van der Waals surface area contributed by atoms with Crippen molar-refractivity contribution < 1.29 is 9.90 Å². The zero-order chi connectivity index (χ0) is 13.2. The Morgan fingerprint density at radius 2 is 1.84 bits per heavy atom. The molecule has 0 radical (unpaired) electrons. The molecule has 94 valence electrons. The second kappa shape index (κ2) is 4.45. The smallest absolute Gasteiger partial charge is 0.276 e. The number of amides is 1. The molecule has 0 spiro atoms. The Labute approximate surface area is 108 Å². The molecule has 0 unspecified atom stereocenters. The summed E-state index contributed by atoms with van der Waals surface area (Å²) in [6, 6.07) is 13.7. The molecule has 19 heavy (non-hydrogen) atoms. The SMILES string of the molecule is O=C(Nc1ccc(O)cc1)c1n[nH]c2ccccc12. The van der Waals surface area contributed by atoms with Crippen molar-refractivity contribution in [3.8, 4) is 5.75 Å². The van der Waals surface area contributed by atoms with Gasteiger partial charge < -0.3 is 10.4 Å². The average Bonchev–Trinajstić information content (AvgIpc) is 2.85. The Hall–Kier alpha value is -2.82. The molecule has 0 aliphatic heterocycles. The van der Waals surface area contributed by atoms with E-state index in [9.17, 15) is 9.90 Å². The number of aromatic amines is 1. The number of hydrogen-bond acceptors (Lipinski definition) is 3. The molecule has 5 heteroatoms. The molecule has 0 fully saturated rings. The van der Waals surface area contributed by atoms with E-state index in [1.54, 1.807) is 12.1 Å². The van der Waals surface area contributed by atoms with Crippen LogP contribution in [0.2, 0.25) is 0 Å². The number of carbonyl (C=O) groups excluding carboxylic acids is 1. The number of benzene rings is 2. The molecule has 0 aliphatic carbocycles. The molecule has 1 heterocycles. The summed E-state index contributed by atoms with van der Waals surface area (Å²) in [5.41, 5.74) is 1.77. The zero-order valence-electron chi connectivity index (χ0n) is 9.92. The van der Waals surface area contributed by atoms with Crippen LogP contribution in [0.15, 0.2) is 48.5 Å². The number of aromatic nitrogens is 2. The molecule has 3 aromatic rings. The van der Waals surface area contributed by atoms with Crippen LogP contribution in [-0.2, 0) is 0 Å². The number of phenolic OH excluding ortho intramolecular Hbond substituents is 1. The van der Waals surface area contributed by atoms with Crippen molar-refractivity contribution in [1.29, 1.82) is 0 Å². The topological polar surface area (TPSA) is 78.0 Å². The van der Waals surface area contributed by atoms with Crippen molar-refractivity contribution in [3.05, 3.63) is 54.2 Å². The number of anilines is 1. The van der Waals surface area contributed by atoms with E-state index in [1.165, 1.54) is 12.1 Å². The molecule has 3 N–H and O–H groups in total. The number of para-hydroxylation sites is 1. The van der Waals surface area contributed by atoms with Crippen LogP contribution in [0.5, 0.6) is 5.75 Å². The highest BCUT2D eigenvalue weighted by Crippen LogP contribution is 2.18. The molecule has 0 aliphatic rings. The number of hydrogen-bond donors (Lipinski definition) is 3. The van der Waals surface area contributed by atoms with Crippen molar-refractivity contribution in [1.82, 2.24) is 10.2 Å². The van der Waals surface area contributed by atoms with Gasteiger partial charge in [-0.05, 0) is 30.3 Å². The van der Waals surface area contributed by atoms with Gasteiger partial charge in [0, 0.05) is 11.1 Å². The van der Waals surface area contributed by atoms with E-state index in [0.29, 0.717) is 11.4 Å². The van der Waals surface area contributed by atoms with Gasteiger partial charge >= 0.3 is 0 Å². The summed E-state index contributed by atoms with van der Waals surface area (Å²) in [5.74, 6) is -0.133. The van der Waals surface area contributed by atoms with Gasteiger partial charge in [-0.1, -0.05) is 18.2 Å². The van der Waals surface area contributed by atoms with Gasteiger partial charge in [-0.25, -0.2) is 0 Å². The van der Waals surface area contributed by atoms with E-state index < -0.39 is 0 Å². The van der Waals surface area contributed by atoms with Gasteiger partial charge in [0.2, 0.25) is 0 Å². The van der Waals surface area contributed by atoms with Crippen LogP contribution in [0.4, 0.5) is 5.69 Å². The van der Waals surface area contributed by atoms with Crippen LogP contribution >= 0.6 is 0 Å². The predicted octanol–water partition coefficient (Wildman–Crippen LogP) is 2.52. The van der Waals surface area contributed by atoms with Crippen molar-refractivity contribution in [2.45, 2.75) is 0 Å².